The van der Waals surface area contributed by atoms with Crippen molar-refractivity contribution in [1.82, 2.24) is 5.16 Å². The highest BCUT2D eigenvalue weighted by molar-refractivity contribution is 8.25. The van der Waals surface area contributed by atoms with Gasteiger partial charge in [-0.25, -0.2) is 0 Å². The minimum Gasteiger partial charge on any atom is -0.490 e. The Morgan fingerprint density at radius 1 is 1.17 bits per heavy atom. The molecule has 0 bridgehead atoms. The fraction of sp³-hybridized carbons (Fsp3) is 0.438. The van der Waals surface area contributed by atoms with Crippen molar-refractivity contribution in [2.75, 3.05) is 4.72 Å². The maximum atomic E-state index is 10.3. The van der Waals surface area contributed by atoms with Crippen LogP contribution in [0.5, 0.6) is 5.75 Å². The monoisotopic (exact) mass is 338 g/mol. The molecule has 1 fully saturated rings. The van der Waals surface area contributed by atoms with Crippen LogP contribution in [0, 0.1) is 6.92 Å². The summed E-state index contributed by atoms with van der Waals surface area (Å²) in [5.74, 6) is 1.65. The summed E-state index contributed by atoms with van der Waals surface area (Å²) < 4.78 is 34.0. The third-order valence-electron chi connectivity index (χ3n) is 3.88. The summed E-state index contributed by atoms with van der Waals surface area (Å²) in [6.07, 6.45) is 6.15. The molecule has 1 aromatic heterocycles. The van der Waals surface area contributed by atoms with E-state index in [-0.39, 0.29) is 6.10 Å². The highest BCUT2D eigenvalue weighted by atomic mass is 32.3. The Hall–Kier alpha value is -1.70. The molecule has 0 unspecified atom stereocenters. The number of ether oxygens (including phenoxy) is 1. The maximum Gasteiger partial charge on any atom is 0.187 e. The zero-order valence-electron chi connectivity index (χ0n) is 13.1. The van der Waals surface area contributed by atoms with E-state index in [4.69, 9.17) is 9.26 Å². The molecule has 1 aliphatic rings. The molecule has 0 spiro atoms. The molecule has 6 nitrogen and oxygen atoms in total. The SMILES string of the molecule is Cc1cc(NS(O)(O)c2ccc(OC3CCCCC3)cc2)no1. The first-order valence-corrected chi connectivity index (χ1v) is 9.34. The molecule has 1 aliphatic carbocycles. The Morgan fingerprint density at radius 2 is 1.87 bits per heavy atom. The molecule has 1 saturated carbocycles. The summed E-state index contributed by atoms with van der Waals surface area (Å²) in [7, 11) is -3.18. The number of aryl methyl sites for hydroxylation is 1. The van der Waals surface area contributed by atoms with Crippen LogP contribution < -0.4 is 9.46 Å². The number of nitrogens with one attached hydrogen (secondary N) is 1. The van der Waals surface area contributed by atoms with Gasteiger partial charge < -0.3 is 9.26 Å². The number of hydrogen-bond donors (Lipinski definition) is 3. The molecule has 1 heterocycles. The van der Waals surface area contributed by atoms with Gasteiger partial charge in [-0.1, -0.05) is 22.4 Å². The van der Waals surface area contributed by atoms with Gasteiger partial charge in [0, 0.05) is 6.07 Å². The predicted molar refractivity (Wildman–Crippen MR) is 89.9 cm³/mol. The summed E-state index contributed by atoms with van der Waals surface area (Å²) in [4.78, 5) is 0.383. The number of nitrogens with zero attached hydrogens (tertiary/aromatic N) is 1. The average Bonchev–Trinajstić information content (AvgIpc) is 2.93. The molecular weight excluding hydrogens is 316 g/mol. The van der Waals surface area contributed by atoms with Crippen LogP contribution in [0.25, 0.3) is 0 Å². The fourth-order valence-electron chi connectivity index (χ4n) is 2.70. The molecule has 0 atom stereocenters. The van der Waals surface area contributed by atoms with Crippen molar-refractivity contribution >= 4 is 16.6 Å². The van der Waals surface area contributed by atoms with E-state index >= 15 is 0 Å². The van der Waals surface area contributed by atoms with Crippen molar-refractivity contribution in [3.63, 3.8) is 0 Å². The third kappa shape index (κ3) is 4.19. The second-order valence-electron chi connectivity index (χ2n) is 5.82. The minimum absolute atomic E-state index is 0.270. The Labute approximate surface area is 137 Å². The van der Waals surface area contributed by atoms with Gasteiger partial charge in [-0.2, -0.15) is 0 Å². The number of anilines is 1. The smallest absolute Gasteiger partial charge is 0.187 e. The fourth-order valence-corrected chi connectivity index (χ4v) is 3.72. The second-order valence-corrected chi connectivity index (χ2v) is 7.60. The van der Waals surface area contributed by atoms with Crippen LogP contribution in [0.15, 0.2) is 39.8 Å². The van der Waals surface area contributed by atoms with E-state index in [0.717, 1.165) is 18.6 Å². The molecule has 0 saturated heterocycles. The molecule has 3 rings (SSSR count). The average molecular weight is 338 g/mol. The van der Waals surface area contributed by atoms with Crippen LogP contribution in [0.4, 0.5) is 5.82 Å². The predicted octanol–water partition coefficient (Wildman–Crippen LogP) is 4.83. The molecule has 3 N–H and O–H groups in total. The number of aromatic nitrogens is 1. The minimum atomic E-state index is -3.18. The third-order valence-corrected chi connectivity index (χ3v) is 5.31. The number of hydrogen-bond acceptors (Lipinski definition) is 6. The molecule has 7 heteroatoms. The highest BCUT2D eigenvalue weighted by Gasteiger charge is 2.19. The van der Waals surface area contributed by atoms with Gasteiger partial charge in [-0.3, -0.25) is 13.8 Å². The van der Waals surface area contributed by atoms with E-state index in [1.165, 1.54) is 19.3 Å². The van der Waals surface area contributed by atoms with Gasteiger partial charge in [0.05, 0.1) is 11.0 Å². The molecule has 0 amide bonds. The summed E-state index contributed by atoms with van der Waals surface area (Å²) in [6, 6.07) is 8.47. The molecule has 2 aromatic rings. The van der Waals surface area contributed by atoms with Crippen LogP contribution in [0.2, 0.25) is 0 Å². The van der Waals surface area contributed by atoms with Gasteiger partial charge in [0.15, 0.2) is 5.82 Å². The Bertz CT molecular complexity index is 636. The van der Waals surface area contributed by atoms with Gasteiger partial charge in [-0.05, 0) is 56.9 Å². The van der Waals surface area contributed by atoms with E-state index in [0.29, 0.717) is 16.5 Å². The van der Waals surface area contributed by atoms with Crippen LogP contribution in [-0.4, -0.2) is 20.4 Å². The van der Waals surface area contributed by atoms with Crippen molar-refractivity contribution < 1.29 is 18.4 Å². The van der Waals surface area contributed by atoms with E-state index in [2.05, 4.69) is 9.88 Å². The largest absolute Gasteiger partial charge is 0.490 e. The molecule has 1 aromatic carbocycles. The lowest BCUT2D eigenvalue weighted by atomic mass is 9.98. The zero-order valence-corrected chi connectivity index (χ0v) is 13.9. The molecule has 126 valence electrons. The lowest BCUT2D eigenvalue weighted by Crippen LogP contribution is -2.19. The number of rotatable bonds is 5. The molecular formula is C16H22N2O4S. The van der Waals surface area contributed by atoms with Gasteiger partial charge >= 0.3 is 0 Å². The van der Waals surface area contributed by atoms with Crippen molar-refractivity contribution in [3.8, 4) is 5.75 Å². The van der Waals surface area contributed by atoms with Crippen molar-refractivity contribution in [1.29, 1.82) is 0 Å². The summed E-state index contributed by atoms with van der Waals surface area (Å²) in [6.45, 7) is 1.74. The van der Waals surface area contributed by atoms with Crippen LogP contribution in [0.3, 0.4) is 0 Å². The molecule has 0 aliphatic heterocycles. The quantitative estimate of drug-likeness (QED) is 0.723. The summed E-state index contributed by atoms with van der Waals surface area (Å²) in [5, 5.41) is 3.71. The first-order chi connectivity index (χ1) is 11.0. The van der Waals surface area contributed by atoms with E-state index in [1.807, 2.05) is 0 Å². The normalized spacial score (nSPS) is 17.0. The highest BCUT2D eigenvalue weighted by Crippen LogP contribution is 2.47. The van der Waals surface area contributed by atoms with Crippen LogP contribution >= 0.6 is 10.8 Å². The van der Waals surface area contributed by atoms with Crippen molar-refractivity contribution in [2.45, 2.75) is 50.0 Å². The lowest BCUT2D eigenvalue weighted by Gasteiger charge is -2.32. The van der Waals surface area contributed by atoms with Crippen molar-refractivity contribution in [3.05, 3.63) is 36.1 Å². The van der Waals surface area contributed by atoms with Crippen LogP contribution in [0.1, 0.15) is 37.9 Å². The van der Waals surface area contributed by atoms with E-state index < -0.39 is 10.8 Å². The Kier molecular flexibility index (Phi) is 4.79. The Morgan fingerprint density at radius 3 is 2.48 bits per heavy atom. The van der Waals surface area contributed by atoms with Gasteiger partial charge in [0.25, 0.3) is 0 Å². The maximum absolute atomic E-state index is 10.3. The first-order valence-electron chi connectivity index (χ1n) is 7.79. The van der Waals surface area contributed by atoms with Gasteiger partial charge in [0.1, 0.15) is 11.5 Å². The standard InChI is InChI=1S/C16H22N2O4S/c1-12-11-16(17-22-12)18-23(19,20)15-9-7-14(8-10-15)21-13-5-3-2-4-6-13/h7-11,13,19-20H,2-6H2,1H3,(H,17,18). The van der Waals surface area contributed by atoms with Crippen LogP contribution in [-0.2, 0) is 0 Å². The topological polar surface area (TPSA) is 87.8 Å². The molecule has 23 heavy (non-hydrogen) atoms. The van der Waals surface area contributed by atoms with Gasteiger partial charge in [-0.15, -0.1) is 0 Å². The number of benzene rings is 1. The first kappa shape index (κ1) is 16.2. The zero-order chi connectivity index (χ0) is 16.3. The lowest BCUT2D eigenvalue weighted by molar-refractivity contribution is 0.155. The summed E-state index contributed by atoms with van der Waals surface area (Å²) in [5.41, 5.74) is 0. The second kappa shape index (κ2) is 6.82. The summed E-state index contributed by atoms with van der Waals surface area (Å²) >= 11 is 0. The van der Waals surface area contributed by atoms with E-state index in [9.17, 15) is 9.11 Å². The van der Waals surface area contributed by atoms with Gasteiger partial charge in [0.2, 0.25) is 0 Å². The van der Waals surface area contributed by atoms with E-state index in [1.54, 1.807) is 37.3 Å². The molecule has 0 radical (unpaired) electrons. The Balaban J connectivity index is 1.65. The van der Waals surface area contributed by atoms with Crippen molar-refractivity contribution in [2.24, 2.45) is 0 Å².